The number of aliphatic hydroxyl groups excluding tert-OH is 1. The van der Waals surface area contributed by atoms with Crippen molar-refractivity contribution in [3.05, 3.63) is 47.5 Å². The second kappa shape index (κ2) is 7.23. The molecule has 1 saturated heterocycles. The molecule has 0 radical (unpaired) electrons. The Morgan fingerprint density at radius 1 is 1.04 bits per heavy atom. The molecule has 6 heteroatoms. The van der Waals surface area contributed by atoms with Gasteiger partial charge in [-0.25, -0.2) is 0 Å². The third kappa shape index (κ3) is 3.92. The highest BCUT2D eigenvalue weighted by molar-refractivity contribution is 5.17. The molecule has 2 aliphatic rings. The lowest BCUT2D eigenvalue weighted by Gasteiger charge is -2.35. The molecule has 2 heterocycles. The van der Waals surface area contributed by atoms with Gasteiger partial charge in [0.1, 0.15) is 11.6 Å². The van der Waals surface area contributed by atoms with Crippen molar-refractivity contribution in [2.24, 2.45) is 7.05 Å². The van der Waals surface area contributed by atoms with E-state index in [9.17, 15) is 5.11 Å². The zero-order valence-electron chi connectivity index (χ0n) is 14.9. The van der Waals surface area contributed by atoms with Crippen molar-refractivity contribution in [3.63, 3.8) is 0 Å². The molecule has 0 unspecified atom stereocenters. The summed E-state index contributed by atoms with van der Waals surface area (Å²) in [4.78, 5) is 4.78. The third-order valence-corrected chi connectivity index (χ3v) is 5.39. The first-order valence-corrected chi connectivity index (χ1v) is 9.26. The molecule has 0 spiro atoms. The number of β-amino-alcohol motifs (C(OH)–C–C–N with tert-alkyl or cyclic N) is 1. The third-order valence-electron chi connectivity index (χ3n) is 5.39. The predicted molar refractivity (Wildman–Crippen MR) is 96.1 cm³/mol. The number of piperazine rings is 1. The second-order valence-electron chi connectivity index (χ2n) is 7.31. The van der Waals surface area contributed by atoms with Crippen molar-refractivity contribution < 1.29 is 5.11 Å². The van der Waals surface area contributed by atoms with Crippen LogP contribution in [0, 0.1) is 0 Å². The van der Waals surface area contributed by atoms with Gasteiger partial charge in [0.2, 0.25) is 0 Å². The predicted octanol–water partition coefficient (Wildman–Crippen LogP) is 1.54. The minimum absolute atomic E-state index is 0.410. The summed E-state index contributed by atoms with van der Waals surface area (Å²) >= 11 is 0. The van der Waals surface area contributed by atoms with Crippen LogP contribution in [-0.2, 0) is 13.6 Å². The van der Waals surface area contributed by atoms with Gasteiger partial charge in [0.25, 0.3) is 0 Å². The maximum Gasteiger partial charge on any atom is 0.146 e. The fourth-order valence-corrected chi connectivity index (χ4v) is 3.57. The van der Waals surface area contributed by atoms with Crippen LogP contribution >= 0.6 is 0 Å². The van der Waals surface area contributed by atoms with E-state index in [1.165, 1.54) is 12.8 Å². The van der Waals surface area contributed by atoms with Crippen LogP contribution in [0.2, 0.25) is 0 Å². The molecule has 2 fully saturated rings. The fraction of sp³-hybridized carbons (Fsp3) is 0.579. The molecule has 1 aromatic heterocycles. The lowest BCUT2D eigenvalue weighted by Crippen LogP contribution is -2.47. The van der Waals surface area contributed by atoms with Gasteiger partial charge in [0.05, 0.1) is 12.6 Å². The summed E-state index contributed by atoms with van der Waals surface area (Å²) in [5.74, 6) is 2.86. The van der Waals surface area contributed by atoms with Crippen LogP contribution in [0.25, 0.3) is 0 Å². The number of aliphatic hydroxyl groups is 1. The maximum atomic E-state index is 10.4. The topological polar surface area (TPSA) is 57.4 Å². The number of nitrogens with zero attached hydrogens (tertiary/aromatic N) is 5. The molecule has 1 aromatic carbocycles. The summed E-state index contributed by atoms with van der Waals surface area (Å²) in [6.45, 7) is 5.55. The Morgan fingerprint density at radius 3 is 2.40 bits per heavy atom. The molecule has 1 N–H and O–H groups in total. The summed E-state index contributed by atoms with van der Waals surface area (Å²) in [5.41, 5.74) is 0.997. The van der Waals surface area contributed by atoms with Crippen LogP contribution in [0.5, 0.6) is 0 Å². The Morgan fingerprint density at radius 2 is 1.72 bits per heavy atom. The summed E-state index contributed by atoms with van der Waals surface area (Å²) in [7, 11) is 2.09. The van der Waals surface area contributed by atoms with Crippen LogP contribution in [0.4, 0.5) is 0 Å². The summed E-state index contributed by atoms with van der Waals surface area (Å²) in [6, 6.07) is 9.93. The van der Waals surface area contributed by atoms with Crippen molar-refractivity contribution in [2.75, 3.05) is 32.7 Å². The Balaban J connectivity index is 1.27. The second-order valence-corrected chi connectivity index (χ2v) is 7.31. The Hall–Kier alpha value is -1.76. The molecule has 0 bridgehead atoms. The first kappa shape index (κ1) is 16.7. The average molecular weight is 341 g/mol. The average Bonchev–Trinajstić information content (AvgIpc) is 3.42. The zero-order chi connectivity index (χ0) is 17.2. The molecular weight excluding hydrogens is 314 g/mol. The highest BCUT2D eigenvalue weighted by atomic mass is 16.3. The molecule has 1 aliphatic carbocycles. The number of hydrogen-bond acceptors (Lipinski definition) is 5. The Labute approximate surface area is 149 Å². The molecule has 1 aliphatic heterocycles. The van der Waals surface area contributed by atoms with Gasteiger partial charge in [0, 0.05) is 45.7 Å². The van der Waals surface area contributed by atoms with E-state index >= 15 is 0 Å². The minimum Gasteiger partial charge on any atom is -0.387 e. The Bertz CT molecular complexity index is 689. The maximum absolute atomic E-state index is 10.4. The first-order chi connectivity index (χ1) is 12.2. The van der Waals surface area contributed by atoms with Crippen molar-refractivity contribution in [1.29, 1.82) is 0 Å². The van der Waals surface area contributed by atoms with Crippen molar-refractivity contribution in [3.8, 4) is 0 Å². The van der Waals surface area contributed by atoms with E-state index in [0.717, 1.165) is 49.9 Å². The lowest BCUT2D eigenvalue weighted by atomic mass is 10.1. The highest BCUT2D eigenvalue weighted by Crippen LogP contribution is 2.38. The van der Waals surface area contributed by atoms with E-state index in [1.54, 1.807) is 0 Å². The fourth-order valence-electron chi connectivity index (χ4n) is 3.57. The van der Waals surface area contributed by atoms with Crippen LogP contribution in [-0.4, -0.2) is 62.4 Å². The van der Waals surface area contributed by atoms with Crippen LogP contribution < -0.4 is 0 Å². The number of rotatable bonds is 6. The van der Waals surface area contributed by atoms with Gasteiger partial charge < -0.3 is 9.67 Å². The van der Waals surface area contributed by atoms with E-state index in [1.807, 2.05) is 30.3 Å². The van der Waals surface area contributed by atoms with Crippen LogP contribution in [0.1, 0.15) is 42.1 Å². The van der Waals surface area contributed by atoms with Crippen molar-refractivity contribution in [1.82, 2.24) is 24.6 Å². The molecular formula is C19H27N5O. The summed E-state index contributed by atoms with van der Waals surface area (Å²) < 4.78 is 2.18. The van der Waals surface area contributed by atoms with E-state index in [0.29, 0.717) is 12.5 Å². The van der Waals surface area contributed by atoms with Gasteiger partial charge in [-0.3, -0.25) is 9.80 Å². The molecule has 6 nitrogen and oxygen atoms in total. The summed E-state index contributed by atoms with van der Waals surface area (Å²) in [5, 5.41) is 19.2. The largest absolute Gasteiger partial charge is 0.387 e. The van der Waals surface area contributed by atoms with Crippen LogP contribution in [0.15, 0.2) is 30.3 Å². The Kier molecular flexibility index (Phi) is 4.83. The lowest BCUT2D eigenvalue weighted by molar-refractivity contribution is 0.0689. The molecule has 1 saturated carbocycles. The SMILES string of the molecule is Cn1c(CN2CCN(C[C@@H](O)c3ccccc3)CC2)nnc1C1CC1. The number of hydrogen-bond donors (Lipinski definition) is 1. The van der Waals surface area contributed by atoms with E-state index in [4.69, 9.17) is 0 Å². The smallest absolute Gasteiger partial charge is 0.146 e. The van der Waals surface area contributed by atoms with E-state index in [-0.39, 0.29) is 0 Å². The number of benzene rings is 1. The highest BCUT2D eigenvalue weighted by Gasteiger charge is 2.29. The van der Waals surface area contributed by atoms with Gasteiger partial charge in [-0.1, -0.05) is 30.3 Å². The van der Waals surface area contributed by atoms with Gasteiger partial charge in [0.15, 0.2) is 0 Å². The summed E-state index contributed by atoms with van der Waals surface area (Å²) in [6.07, 6.45) is 2.11. The molecule has 1 atom stereocenters. The normalized spacial score (nSPS) is 20.7. The molecule has 25 heavy (non-hydrogen) atoms. The van der Waals surface area contributed by atoms with Crippen molar-refractivity contribution in [2.45, 2.75) is 31.4 Å². The van der Waals surface area contributed by atoms with E-state index in [2.05, 4.69) is 31.6 Å². The van der Waals surface area contributed by atoms with Gasteiger partial charge >= 0.3 is 0 Å². The van der Waals surface area contributed by atoms with E-state index < -0.39 is 6.10 Å². The molecule has 4 rings (SSSR count). The first-order valence-electron chi connectivity index (χ1n) is 9.26. The standard InChI is InChI=1S/C19H27N5O/c1-22-18(20-21-19(22)16-7-8-16)14-24-11-9-23(10-12-24)13-17(25)15-5-3-2-4-6-15/h2-6,16-17,25H,7-14H2,1H3/t17-/m1/s1. The van der Waals surface area contributed by atoms with Gasteiger partial charge in [-0.15, -0.1) is 10.2 Å². The molecule has 134 valence electrons. The zero-order valence-corrected chi connectivity index (χ0v) is 14.9. The number of aromatic nitrogens is 3. The monoisotopic (exact) mass is 341 g/mol. The van der Waals surface area contributed by atoms with Gasteiger partial charge in [-0.2, -0.15) is 0 Å². The minimum atomic E-state index is -0.410. The van der Waals surface area contributed by atoms with Crippen molar-refractivity contribution >= 4 is 0 Å². The molecule has 0 amide bonds. The van der Waals surface area contributed by atoms with Gasteiger partial charge in [-0.05, 0) is 18.4 Å². The quantitative estimate of drug-likeness (QED) is 0.864. The molecule has 2 aromatic rings. The van der Waals surface area contributed by atoms with Crippen LogP contribution in [0.3, 0.4) is 0 Å².